The SMILES string of the molecule is COCCN(c1cncc(NN)n1)C(C)COC. The van der Waals surface area contributed by atoms with Crippen LogP contribution in [0.1, 0.15) is 6.92 Å². The number of nitrogen functional groups attached to an aromatic ring is 1. The maximum absolute atomic E-state index is 5.33. The summed E-state index contributed by atoms with van der Waals surface area (Å²) in [6, 6.07) is 0.174. The Kier molecular flexibility index (Phi) is 6.34. The van der Waals surface area contributed by atoms with Crippen molar-refractivity contribution in [2.45, 2.75) is 13.0 Å². The van der Waals surface area contributed by atoms with Gasteiger partial charge < -0.3 is 19.8 Å². The van der Waals surface area contributed by atoms with Crippen molar-refractivity contribution in [3.8, 4) is 0 Å². The molecule has 0 radical (unpaired) electrons. The van der Waals surface area contributed by atoms with Gasteiger partial charge >= 0.3 is 0 Å². The fraction of sp³-hybridized carbons (Fsp3) is 0.636. The molecule has 1 aromatic rings. The largest absolute Gasteiger partial charge is 0.383 e. The summed E-state index contributed by atoms with van der Waals surface area (Å²) in [5, 5.41) is 0. The summed E-state index contributed by atoms with van der Waals surface area (Å²) in [4.78, 5) is 10.5. The van der Waals surface area contributed by atoms with E-state index in [-0.39, 0.29) is 6.04 Å². The number of ether oxygens (including phenoxy) is 2. The molecule has 3 N–H and O–H groups in total. The molecule has 0 aliphatic rings. The standard InChI is InChI=1S/C11H21N5O2/c1-9(8-18-3)16(4-5-17-2)11-7-13-6-10(14-11)15-12/h6-7,9H,4-5,8,12H2,1-3H3,(H,14,15). The van der Waals surface area contributed by atoms with Gasteiger partial charge in [-0.15, -0.1) is 0 Å². The van der Waals surface area contributed by atoms with E-state index in [2.05, 4.69) is 27.2 Å². The van der Waals surface area contributed by atoms with Crippen LogP contribution in [-0.4, -0.2) is 50.0 Å². The Hall–Kier alpha value is -1.44. The van der Waals surface area contributed by atoms with Gasteiger partial charge in [0.05, 0.1) is 31.6 Å². The summed E-state index contributed by atoms with van der Waals surface area (Å²) >= 11 is 0. The molecular formula is C11H21N5O2. The summed E-state index contributed by atoms with van der Waals surface area (Å²) in [7, 11) is 3.34. The molecule has 1 rings (SSSR count). The fourth-order valence-corrected chi connectivity index (χ4v) is 1.65. The van der Waals surface area contributed by atoms with Crippen LogP contribution in [-0.2, 0) is 9.47 Å². The first-order chi connectivity index (χ1) is 8.72. The lowest BCUT2D eigenvalue weighted by molar-refractivity contribution is 0.170. The van der Waals surface area contributed by atoms with Gasteiger partial charge in [0.1, 0.15) is 5.82 Å². The maximum Gasteiger partial charge on any atom is 0.160 e. The molecule has 7 nitrogen and oxygen atoms in total. The van der Waals surface area contributed by atoms with E-state index in [4.69, 9.17) is 15.3 Å². The Bertz CT molecular complexity index is 350. The zero-order valence-electron chi connectivity index (χ0n) is 11.1. The molecular weight excluding hydrogens is 234 g/mol. The second kappa shape index (κ2) is 7.80. The molecule has 0 saturated heterocycles. The van der Waals surface area contributed by atoms with Gasteiger partial charge in [-0.25, -0.2) is 10.8 Å². The molecule has 102 valence electrons. The number of nitrogens with one attached hydrogen (secondary N) is 1. The van der Waals surface area contributed by atoms with Crippen LogP contribution in [0.15, 0.2) is 12.4 Å². The monoisotopic (exact) mass is 255 g/mol. The zero-order valence-corrected chi connectivity index (χ0v) is 11.1. The van der Waals surface area contributed by atoms with Gasteiger partial charge in [0.25, 0.3) is 0 Å². The number of nitrogens with zero attached hydrogens (tertiary/aromatic N) is 3. The smallest absolute Gasteiger partial charge is 0.160 e. The van der Waals surface area contributed by atoms with Crippen molar-refractivity contribution in [1.29, 1.82) is 0 Å². The van der Waals surface area contributed by atoms with Crippen LogP contribution in [0.4, 0.5) is 11.6 Å². The third-order valence-corrected chi connectivity index (χ3v) is 2.54. The minimum absolute atomic E-state index is 0.174. The van der Waals surface area contributed by atoms with Crippen molar-refractivity contribution < 1.29 is 9.47 Å². The van der Waals surface area contributed by atoms with Gasteiger partial charge in [-0.3, -0.25) is 4.98 Å². The maximum atomic E-state index is 5.33. The summed E-state index contributed by atoms with van der Waals surface area (Å²) < 4.78 is 10.3. The molecule has 7 heteroatoms. The van der Waals surface area contributed by atoms with E-state index >= 15 is 0 Å². The van der Waals surface area contributed by atoms with Crippen molar-refractivity contribution in [3.63, 3.8) is 0 Å². The van der Waals surface area contributed by atoms with Gasteiger partial charge in [-0.05, 0) is 6.92 Å². The highest BCUT2D eigenvalue weighted by molar-refractivity contribution is 5.44. The normalized spacial score (nSPS) is 12.2. The van der Waals surface area contributed by atoms with Gasteiger partial charge in [-0.2, -0.15) is 0 Å². The van der Waals surface area contributed by atoms with Crippen molar-refractivity contribution in [3.05, 3.63) is 12.4 Å². The van der Waals surface area contributed by atoms with E-state index in [1.807, 2.05) is 0 Å². The van der Waals surface area contributed by atoms with Crippen LogP contribution in [0.3, 0.4) is 0 Å². The number of nitrogens with two attached hydrogens (primary N) is 1. The van der Waals surface area contributed by atoms with E-state index < -0.39 is 0 Å². The second-order valence-corrected chi connectivity index (χ2v) is 3.90. The summed E-state index contributed by atoms with van der Waals surface area (Å²) in [5.74, 6) is 6.60. The average Bonchev–Trinajstić information content (AvgIpc) is 2.40. The number of anilines is 2. The fourth-order valence-electron chi connectivity index (χ4n) is 1.65. The quantitative estimate of drug-likeness (QED) is 0.508. The number of hydrazine groups is 1. The molecule has 0 bridgehead atoms. The molecule has 0 aliphatic carbocycles. The second-order valence-electron chi connectivity index (χ2n) is 3.90. The first-order valence-electron chi connectivity index (χ1n) is 5.76. The van der Waals surface area contributed by atoms with Crippen LogP contribution < -0.4 is 16.2 Å². The third kappa shape index (κ3) is 4.10. The predicted molar refractivity (Wildman–Crippen MR) is 70.4 cm³/mol. The molecule has 0 spiro atoms. The van der Waals surface area contributed by atoms with Crippen LogP contribution >= 0.6 is 0 Å². The lowest BCUT2D eigenvalue weighted by Crippen LogP contribution is -2.39. The highest BCUT2D eigenvalue weighted by Gasteiger charge is 2.16. The van der Waals surface area contributed by atoms with Gasteiger partial charge in [-0.1, -0.05) is 0 Å². The van der Waals surface area contributed by atoms with Gasteiger partial charge in [0, 0.05) is 20.8 Å². The van der Waals surface area contributed by atoms with Crippen LogP contribution in [0.2, 0.25) is 0 Å². The van der Waals surface area contributed by atoms with E-state index in [9.17, 15) is 0 Å². The summed E-state index contributed by atoms with van der Waals surface area (Å²) in [5.41, 5.74) is 2.49. The van der Waals surface area contributed by atoms with E-state index in [0.717, 1.165) is 5.82 Å². The first-order valence-corrected chi connectivity index (χ1v) is 5.76. The van der Waals surface area contributed by atoms with Gasteiger partial charge in [0.15, 0.2) is 5.82 Å². The Morgan fingerprint density at radius 1 is 1.39 bits per heavy atom. The van der Waals surface area contributed by atoms with Crippen molar-refractivity contribution in [2.75, 3.05) is 44.3 Å². The molecule has 0 aromatic carbocycles. The molecule has 0 aliphatic heterocycles. The topological polar surface area (TPSA) is 85.5 Å². The molecule has 1 unspecified atom stereocenters. The first kappa shape index (κ1) is 14.6. The van der Waals surface area contributed by atoms with Gasteiger partial charge in [0.2, 0.25) is 0 Å². The minimum atomic E-state index is 0.174. The lowest BCUT2D eigenvalue weighted by atomic mass is 10.3. The van der Waals surface area contributed by atoms with E-state index in [0.29, 0.717) is 25.6 Å². The Morgan fingerprint density at radius 2 is 2.17 bits per heavy atom. The Morgan fingerprint density at radius 3 is 2.78 bits per heavy atom. The Labute approximate surface area is 107 Å². The van der Waals surface area contributed by atoms with Crippen LogP contribution in [0, 0.1) is 0 Å². The van der Waals surface area contributed by atoms with E-state index in [1.54, 1.807) is 26.6 Å². The molecule has 1 heterocycles. The number of methoxy groups -OCH3 is 2. The van der Waals surface area contributed by atoms with Crippen molar-refractivity contribution in [1.82, 2.24) is 9.97 Å². The summed E-state index contributed by atoms with van der Waals surface area (Å²) in [6.45, 7) is 3.98. The molecule has 18 heavy (non-hydrogen) atoms. The molecule has 0 saturated carbocycles. The third-order valence-electron chi connectivity index (χ3n) is 2.54. The van der Waals surface area contributed by atoms with Crippen molar-refractivity contribution >= 4 is 11.6 Å². The van der Waals surface area contributed by atoms with Crippen LogP contribution in [0.25, 0.3) is 0 Å². The molecule has 1 atom stereocenters. The van der Waals surface area contributed by atoms with E-state index in [1.165, 1.54) is 0 Å². The summed E-state index contributed by atoms with van der Waals surface area (Å²) in [6.07, 6.45) is 3.27. The highest BCUT2D eigenvalue weighted by Crippen LogP contribution is 2.15. The van der Waals surface area contributed by atoms with Crippen molar-refractivity contribution in [2.24, 2.45) is 5.84 Å². The lowest BCUT2D eigenvalue weighted by Gasteiger charge is -2.29. The number of rotatable bonds is 8. The molecule has 1 aromatic heterocycles. The minimum Gasteiger partial charge on any atom is -0.383 e. The number of aromatic nitrogens is 2. The zero-order chi connectivity index (χ0) is 13.4. The number of hydrogen-bond donors (Lipinski definition) is 2. The number of hydrogen-bond acceptors (Lipinski definition) is 7. The molecule has 0 amide bonds. The highest BCUT2D eigenvalue weighted by atomic mass is 16.5. The predicted octanol–water partition coefficient (Wildman–Crippen LogP) is 0.250. The van der Waals surface area contributed by atoms with Crippen LogP contribution in [0.5, 0.6) is 0 Å². The molecule has 0 fully saturated rings. The Balaban J connectivity index is 2.85. The average molecular weight is 255 g/mol.